The van der Waals surface area contributed by atoms with Crippen LogP contribution in [0.4, 0.5) is 0 Å². The third kappa shape index (κ3) is 2.50. The van der Waals surface area contributed by atoms with Crippen molar-refractivity contribution < 1.29 is 4.79 Å². The molecule has 0 atom stereocenters. The van der Waals surface area contributed by atoms with E-state index in [1.54, 1.807) is 24.5 Å². The Labute approximate surface area is 88.7 Å². The van der Waals surface area contributed by atoms with Crippen molar-refractivity contribution in [1.82, 2.24) is 4.98 Å². The van der Waals surface area contributed by atoms with Crippen LogP contribution in [-0.2, 0) is 4.79 Å². The average Bonchev–Trinajstić information content (AvgIpc) is 2.81. The maximum Gasteiger partial charge on any atom is 0.185 e. The van der Waals surface area contributed by atoms with E-state index in [2.05, 4.69) is 4.98 Å². The van der Waals surface area contributed by atoms with Crippen LogP contribution in [0, 0.1) is 0 Å². The van der Waals surface area contributed by atoms with Gasteiger partial charge in [0, 0.05) is 18.0 Å². The first-order valence-corrected chi connectivity index (χ1v) is 4.85. The number of aromatic nitrogens is 1. The number of rotatable bonds is 3. The van der Waals surface area contributed by atoms with Crippen LogP contribution in [0.1, 0.15) is 12.0 Å². The Hall–Kier alpha value is -1.96. The standard InChI is InChI=1S/C13H11NO/c15-13(12-5-1-2-6-12)8-7-11-4-3-9-14-10-11/h1,3-10H,2H2/b8-7+. The summed E-state index contributed by atoms with van der Waals surface area (Å²) in [5.74, 6) is 0.0487. The van der Waals surface area contributed by atoms with Crippen LogP contribution in [0.25, 0.3) is 6.08 Å². The van der Waals surface area contributed by atoms with Gasteiger partial charge in [-0.05, 0) is 30.2 Å². The maximum atomic E-state index is 11.6. The summed E-state index contributed by atoms with van der Waals surface area (Å²) in [6, 6.07) is 3.76. The van der Waals surface area contributed by atoms with Crippen LogP contribution in [0.5, 0.6) is 0 Å². The van der Waals surface area contributed by atoms with Crippen LogP contribution in [0.15, 0.2) is 54.4 Å². The quantitative estimate of drug-likeness (QED) is 0.697. The molecule has 1 aliphatic rings. The monoisotopic (exact) mass is 197 g/mol. The van der Waals surface area contributed by atoms with Crippen molar-refractivity contribution in [2.45, 2.75) is 6.42 Å². The Morgan fingerprint density at radius 3 is 3.07 bits per heavy atom. The lowest BCUT2D eigenvalue weighted by atomic mass is 10.1. The van der Waals surface area contributed by atoms with Gasteiger partial charge in [0.2, 0.25) is 0 Å². The van der Waals surface area contributed by atoms with Crippen LogP contribution < -0.4 is 0 Å². The molecule has 74 valence electrons. The minimum Gasteiger partial charge on any atom is -0.289 e. The van der Waals surface area contributed by atoms with Crippen LogP contribution in [0.2, 0.25) is 0 Å². The number of pyridine rings is 1. The fourth-order valence-electron chi connectivity index (χ4n) is 1.38. The minimum atomic E-state index is 0.0487. The zero-order valence-corrected chi connectivity index (χ0v) is 8.26. The molecule has 0 spiro atoms. The summed E-state index contributed by atoms with van der Waals surface area (Å²) in [6.07, 6.45) is 13.4. The number of ketones is 1. The van der Waals surface area contributed by atoms with Crippen molar-refractivity contribution in [3.05, 3.63) is 60.0 Å². The summed E-state index contributed by atoms with van der Waals surface area (Å²) in [6.45, 7) is 0. The molecule has 2 nitrogen and oxygen atoms in total. The summed E-state index contributed by atoms with van der Waals surface area (Å²) in [5, 5.41) is 0. The predicted octanol–water partition coefficient (Wildman–Crippen LogP) is 2.55. The van der Waals surface area contributed by atoms with Crippen molar-refractivity contribution >= 4 is 11.9 Å². The summed E-state index contributed by atoms with van der Waals surface area (Å²) in [5.41, 5.74) is 1.71. The van der Waals surface area contributed by atoms with Crippen molar-refractivity contribution in [2.75, 3.05) is 0 Å². The fourth-order valence-corrected chi connectivity index (χ4v) is 1.38. The zero-order chi connectivity index (χ0) is 10.5. The molecule has 1 aliphatic carbocycles. The number of nitrogens with zero attached hydrogens (tertiary/aromatic N) is 1. The van der Waals surface area contributed by atoms with E-state index in [9.17, 15) is 4.79 Å². The highest BCUT2D eigenvalue weighted by Gasteiger charge is 2.04. The second-order valence-electron chi connectivity index (χ2n) is 3.28. The molecule has 0 unspecified atom stereocenters. The Morgan fingerprint density at radius 2 is 2.40 bits per heavy atom. The average molecular weight is 197 g/mol. The largest absolute Gasteiger partial charge is 0.289 e. The number of carbonyl (C=O) groups is 1. The molecule has 1 aromatic rings. The van der Waals surface area contributed by atoms with Crippen LogP contribution in [0.3, 0.4) is 0 Å². The molecule has 0 radical (unpaired) electrons. The van der Waals surface area contributed by atoms with Crippen LogP contribution in [-0.4, -0.2) is 10.8 Å². The van der Waals surface area contributed by atoms with E-state index >= 15 is 0 Å². The smallest absolute Gasteiger partial charge is 0.185 e. The summed E-state index contributed by atoms with van der Waals surface area (Å²) in [4.78, 5) is 15.6. The van der Waals surface area contributed by atoms with Gasteiger partial charge in [-0.25, -0.2) is 0 Å². The van der Waals surface area contributed by atoms with E-state index in [4.69, 9.17) is 0 Å². The molecule has 0 N–H and O–H groups in total. The Bertz CT molecular complexity index is 441. The zero-order valence-electron chi connectivity index (χ0n) is 8.26. The number of allylic oxidation sites excluding steroid dienone is 5. The Balaban J connectivity index is 2.06. The molecule has 1 heterocycles. The first-order valence-electron chi connectivity index (χ1n) is 4.85. The molecular formula is C13H11NO. The maximum absolute atomic E-state index is 11.6. The van der Waals surface area contributed by atoms with Crippen molar-refractivity contribution in [2.24, 2.45) is 0 Å². The van der Waals surface area contributed by atoms with Crippen molar-refractivity contribution in [3.63, 3.8) is 0 Å². The molecule has 0 fully saturated rings. The number of hydrogen-bond acceptors (Lipinski definition) is 2. The predicted molar refractivity (Wildman–Crippen MR) is 60.1 cm³/mol. The molecule has 0 saturated heterocycles. The lowest BCUT2D eigenvalue weighted by molar-refractivity contribution is -0.111. The second kappa shape index (κ2) is 4.51. The second-order valence-corrected chi connectivity index (χ2v) is 3.28. The highest BCUT2D eigenvalue weighted by atomic mass is 16.1. The van der Waals surface area contributed by atoms with Gasteiger partial charge in [-0.2, -0.15) is 0 Å². The van der Waals surface area contributed by atoms with Gasteiger partial charge in [-0.1, -0.05) is 24.3 Å². The Morgan fingerprint density at radius 1 is 1.47 bits per heavy atom. The van der Waals surface area contributed by atoms with E-state index in [1.165, 1.54) is 0 Å². The van der Waals surface area contributed by atoms with E-state index in [0.717, 1.165) is 17.6 Å². The molecule has 1 aromatic heterocycles. The van der Waals surface area contributed by atoms with E-state index in [0.29, 0.717) is 0 Å². The normalized spacial score (nSPS) is 14.5. The Kier molecular flexibility index (Phi) is 2.88. The number of hydrogen-bond donors (Lipinski definition) is 0. The lowest BCUT2D eigenvalue weighted by Crippen LogP contribution is -1.93. The van der Waals surface area contributed by atoms with Crippen molar-refractivity contribution in [3.8, 4) is 0 Å². The van der Waals surface area contributed by atoms with Crippen LogP contribution >= 0.6 is 0 Å². The summed E-state index contributed by atoms with van der Waals surface area (Å²) in [7, 11) is 0. The van der Waals surface area contributed by atoms with Gasteiger partial charge in [0.05, 0.1) is 0 Å². The van der Waals surface area contributed by atoms with E-state index < -0.39 is 0 Å². The van der Waals surface area contributed by atoms with Gasteiger partial charge in [0.25, 0.3) is 0 Å². The third-order valence-electron chi connectivity index (χ3n) is 2.17. The summed E-state index contributed by atoms with van der Waals surface area (Å²) < 4.78 is 0. The fraction of sp³-hybridized carbons (Fsp3) is 0.0769. The molecular weight excluding hydrogens is 186 g/mol. The molecule has 2 heteroatoms. The molecule has 0 aromatic carbocycles. The third-order valence-corrected chi connectivity index (χ3v) is 2.17. The molecule has 15 heavy (non-hydrogen) atoms. The molecule has 0 aliphatic heterocycles. The summed E-state index contributed by atoms with van der Waals surface area (Å²) >= 11 is 0. The topological polar surface area (TPSA) is 30.0 Å². The first kappa shape index (κ1) is 9.59. The molecule has 0 bridgehead atoms. The molecule has 0 amide bonds. The molecule has 0 saturated carbocycles. The molecule has 2 rings (SSSR count). The van der Waals surface area contributed by atoms with Gasteiger partial charge < -0.3 is 0 Å². The highest BCUT2D eigenvalue weighted by molar-refractivity contribution is 6.08. The first-order chi connectivity index (χ1) is 7.36. The number of carbonyl (C=O) groups excluding carboxylic acids is 1. The van der Waals surface area contributed by atoms with Gasteiger partial charge >= 0.3 is 0 Å². The SMILES string of the molecule is O=C(/C=C/c1cccnc1)C1=CCC=C1. The van der Waals surface area contributed by atoms with Gasteiger partial charge in [-0.15, -0.1) is 0 Å². The minimum absolute atomic E-state index is 0.0487. The highest BCUT2D eigenvalue weighted by Crippen LogP contribution is 2.11. The van der Waals surface area contributed by atoms with Gasteiger partial charge in [0.1, 0.15) is 0 Å². The van der Waals surface area contributed by atoms with E-state index in [-0.39, 0.29) is 5.78 Å². The lowest BCUT2D eigenvalue weighted by Gasteiger charge is -1.92. The van der Waals surface area contributed by atoms with Gasteiger partial charge in [0.15, 0.2) is 5.78 Å². The van der Waals surface area contributed by atoms with E-state index in [1.807, 2.05) is 30.4 Å². The van der Waals surface area contributed by atoms with Gasteiger partial charge in [-0.3, -0.25) is 9.78 Å². The van der Waals surface area contributed by atoms with Crippen molar-refractivity contribution in [1.29, 1.82) is 0 Å².